The molecule has 3 N–H and O–H groups in total. The van der Waals surface area contributed by atoms with Gasteiger partial charge >= 0.3 is 5.97 Å². The Labute approximate surface area is 117 Å². The van der Waals surface area contributed by atoms with Crippen LogP contribution in [0.4, 0.5) is 5.69 Å². The van der Waals surface area contributed by atoms with E-state index >= 15 is 0 Å². The topological polar surface area (TPSA) is 81.4 Å². The van der Waals surface area contributed by atoms with Crippen molar-refractivity contribution in [2.45, 2.75) is 45.8 Å². The lowest BCUT2D eigenvalue weighted by Crippen LogP contribution is -2.47. The van der Waals surface area contributed by atoms with Crippen LogP contribution in [0.15, 0.2) is 11.4 Å². The zero-order chi connectivity index (χ0) is 14.6. The first kappa shape index (κ1) is 15.5. The summed E-state index contributed by atoms with van der Waals surface area (Å²) < 4.78 is 5.11. The number of amides is 1. The first-order chi connectivity index (χ1) is 8.76. The fourth-order valence-electron chi connectivity index (χ4n) is 1.28. The van der Waals surface area contributed by atoms with Gasteiger partial charge < -0.3 is 15.8 Å². The number of hydrogen-bond donors (Lipinski definition) is 2. The van der Waals surface area contributed by atoms with E-state index in [0.717, 1.165) is 6.42 Å². The second-order valence-corrected chi connectivity index (χ2v) is 5.90. The van der Waals surface area contributed by atoms with E-state index in [9.17, 15) is 9.59 Å². The highest BCUT2D eigenvalue weighted by atomic mass is 32.1. The minimum atomic E-state index is -0.847. The molecule has 0 fully saturated rings. The van der Waals surface area contributed by atoms with E-state index in [-0.39, 0.29) is 11.4 Å². The van der Waals surface area contributed by atoms with Crippen LogP contribution in [-0.4, -0.2) is 23.5 Å². The smallest absolute Gasteiger partial charge is 0.351 e. The minimum absolute atomic E-state index is 0.310. The Morgan fingerprint density at radius 1 is 1.53 bits per heavy atom. The Morgan fingerprint density at radius 3 is 2.63 bits per heavy atom. The summed E-state index contributed by atoms with van der Waals surface area (Å²) >= 11 is 1.20. The Morgan fingerprint density at radius 2 is 2.16 bits per heavy atom. The molecule has 1 aromatic heterocycles. The van der Waals surface area contributed by atoms with Gasteiger partial charge in [-0.15, -0.1) is 11.3 Å². The van der Waals surface area contributed by atoms with Crippen molar-refractivity contribution in [2.75, 3.05) is 5.73 Å². The zero-order valence-corrected chi connectivity index (χ0v) is 12.5. The van der Waals surface area contributed by atoms with E-state index in [1.165, 1.54) is 11.3 Å². The molecular weight excluding hydrogens is 264 g/mol. The van der Waals surface area contributed by atoms with Crippen LogP contribution < -0.4 is 11.1 Å². The maximum absolute atomic E-state index is 11.9. The van der Waals surface area contributed by atoms with Crippen LogP contribution in [0.1, 0.15) is 43.8 Å². The van der Waals surface area contributed by atoms with E-state index in [2.05, 4.69) is 5.32 Å². The van der Waals surface area contributed by atoms with Crippen LogP contribution in [0.3, 0.4) is 0 Å². The third-order valence-corrected chi connectivity index (χ3v) is 3.79. The molecule has 0 aliphatic rings. The lowest BCUT2D eigenvalue weighted by molar-refractivity contribution is -0.130. The first-order valence-corrected chi connectivity index (χ1v) is 7.00. The number of thiophene rings is 1. The fraction of sp³-hybridized carbons (Fsp3) is 0.538. The van der Waals surface area contributed by atoms with E-state index in [4.69, 9.17) is 10.5 Å². The maximum atomic E-state index is 11.9. The van der Waals surface area contributed by atoms with E-state index in [0.29, 0.717) is 10.6 Å². The number of anilines is 1. The van der Waals surface area contributed by atoms with Crippen LogP contribution in [0, 0.1) is 0 Å². The fourth-order valence-corrected chi connectivity index (χ4v) is 1.98. The van der Waals surface area contributed by atoms with Crippen LogP contribution >= 0.6 is 11.3 Å². The van der Waals surface area contributed by atoms with Gasteiger partial charge in [0, 0.05) is 5.54 Å². The Hall–Kier alpha value is -1.56. The van der Waals surface area contributed by atoms with Gasteiger partial charge in [-0.1, -0.05) is 6.92 Å². The number of nitrogens with two attached hydrogens (primary N) is 1. The van der Waals surface area contributed by atoms with Gasteiger partial charge in [0.15, 0.2) is 6.10 Å². The summed E-state index contributed by atoms with van der Waals surface area (Å²) in [6, 6.07) is 1.63. The second kappa shape index (κ2) is 6.06. The van der Waals surface area contributed by atoms with Crippen LogP contribution in [0.2, 0.25) is 0 Å². The Balaban J connectivity index is 2.60. The highest BCUT2D eigenvalue weighted by molar-refractivity contribution is 7.12. The van der Waals surface area contributed by atoms with Crippen molar-refractivity contribution in [1.29, 1.82) is 0 Å². The summed E-state index contributed by atoms with van der Waals surface area (Å²) in [6.07, 6.45) is -0.0584. The largest absolute Gasteiger partial charge is 0.448 e. The van der Waals surface area contributed by atoms with Crippen LogP contribution in [0.5, 0.6) is 0 Å². The number of carbonyl (C=O) groups is 2. The van der Waals surface area contributed by atoms with Crippen molar-refractivity contribution in [1.82, 2.24) is 5.32 Å². The molecule has 1 aromatic rings. The molecule has 0 radical (unpaired) electrons. The molecular formula is C13H20N2O3S. The number of nitrogens with one attached hydrogen (secondary N) is 1. The third-order valence-electron chi connectivity index (χ3n) is 2.88. The molecule has 1 rings (SSSR count). The molecule has 1 unspecified atom stereocenters. The molecule has 5 nitrogen and oxygen atoms in total. The molecule has 0 saturated heterocycles. The Bertz CT molecular complexity index is 468. The van der Waals surface area contributed by atoms with Gasteiger partial charge in [-0.25, -0.2) is 4.79 Å². The lowest BCUT2D eigenvalue weighted by atomic mass is 10.0. The van der Waals surface area contributed by atoms with E-state index < -0.39 is 12.1 Å². The van der Waals surface area contributed by atoms with Gasteiger partial charge in [-0.05, 0) is 38.6 Å². The SMILES string of the molecule is CCC(C)(C)NC(=O)C(C)OC(=O)c1sccc1N. The molecule has 0 spiro atoms. The van der Waals surface area contributed by atoms with Crippen LogP contribution in [0.25, 0.3) is 0 Å². The first-order valence-electron chi connectivity index (χ1n) is 6.13. The molecule has 1 amide bonds. The summed E-state index contributed by atoms with van der Waals surface area (Å²) in [5.74, 6) is -0.875. The molecule has 19 heavy (non-hydrogen) atoms. The predicted octanol–water partition coefficient (Wildman–Crippen LogP) is 2.18. The van der Waals surface area contributed by atoms with Gasteiger partial charge in [-0.2, -0.15) is 0 Å². The zero-order valence-electron chi connectivity index (χ0n) is 11.6. The number of nitrogen functional groups attached to an aromatic ring is 1. The molecule has 6 heteroatoms. The average molecular weight is 284 g/mol. The molecule has 0 saturated carbocycles. The van der Waals surface area contributed by atoms with Crippen LogP contribution in [-0.2, 0) is 9.53 Å². The summed E-state index contributed by atoms with van der Waals surface area (Å²) in [5.41, 5.74) is 5.68. The van der Waals surface area contributed by atoms with Crippen molar-refractivity contribution in [2.24, 2.45) is 0 Å². The van der Waals surface area contributed by atoms with Crippen molar-refractivity contribution in [3.05, 3.63) is 16.3 Å². The maximum Gasteiger partial charge on any atom is 0.351 e. The van der Waals surface area contributed by atoms with Crippen molar-refractivity contribution in [3.63, 3.8) is 0 Å². The van der Waals surface area contributed by atoms with Gasteiger partial charge in [0.05, 0.1) is 5.69 Å². The van der Waals surface area contributed by atoms with Gasteiger partial charge in [0.25, 0.3) is 5.91 Å². The van der Waals surface area contributed by atoms with Crippen molar-refractivity contribution in [3.8, 4) is 0 Å². The monoisotopic (exact) mass is 284 g/mol. The number of rotatable bonds is 5. The number of esters is 1. The highest BCUT2D eigenvalue weighted by Gasteiger charge is 2.25. The quantitative estimate of drug-likeness (QED) is 0.812. The summed E-state index contributed by atoms with van der Waals surface area (Å²) in [7, 11) is 0. The summed E-state index contributed by atoms with van der Waals surface area (Å²) in [4.78, 5) is 24.0. The normalized spacial score (nSPS) is 12.8. The molecule has 0 aliphatic carbocycles. The summed E-state index contributed by atoms with van der Waals surface area (Å²) in [6.45, 7) is 7.35. The van der Waals surface area contributed by atoms with Crippen molar-refractivity contribution < 1.29 is 14.3 Å². The number of carbonyl (C=O) groups excluding carboxylic acids is 2. The van der Waals surface area contributed by atoms with E-state index in [1.807, 2.05) is 20.8 Å². The van der Waals surface area contributed by atoms with Gasteiger partial charge in [0.2, 0.25) is 0 Å². The van der Waals surface area contributed by atoms with Gasteiger partial charge in [-0.3, -0.25) is 4.79 Å². The predicted molar refractivity (Wildman–Crippen MR) is 76.1 cm³/mol. The number of ether oxygens (including phenoxy) is 1. The molecule has 106 valence electrons. The standard InChI is InChI=1S/C13H20N2O3S/c1-5-13(3,4)15-11(16)8(2)18-12(17)10-9(14)6-7-19-10/h6-8H,5,14H2,1-4H3,(H,15,16). The minimum Gasteiger partial charge on any atom is -0.448 e. The highest BCUT2D eigenvalue weighted by Crippen LogP contribution is 2.20. The number of hydrogen-bond acceptors (Lipinski definition) is 5. The lowest BCUT2D eigenvalue weighted by Gasteiger charge is -2.26. The molecule has 1 atom stereocenters. The molecule has 0 bridgehead atoms. The Kier molecular flexibility index (Phi) is 4.94. The molecule has 0 aromatic carbocycles. The van der Waals surface area contributed by atoms with Gasteiger partial charge in [0.1, 0.15) is 4.88 Å². The molecule has 0 aliphatic heterocycles. The average Bonchev–Trinajstić information content (AvgIpc) is 2.74. The van der Waals surface area contributed by atoms with E-state index in [1.54, 1.807) is 18.4 Å². The van der Waals surface area contributed by atoms with Crippen molar-refractivity contribution >= 4 is 28.9 Å². The molecule has 1 heterocycles. The summed E-state index contributed by atoms with van der Waals surface area (Å²) in [5, 5.41) is 4.53. The third kappa shape index (κ3) is 4.24. The second-order valence-electron chi connectivity index (χ2n) is 4.98.